The standard InChI is InChI=1S/C46H42O2P2.2CH4/c1-32-26-34-30-36-16-15-17-37-31-35-27-33(2)29-43(50(40-22-11-5-12-23-40)41-24-13-6-14-25-41)45(35)48-46(36,37)47-44(34)42(28-32)49(38-18-7-3-8-19-38)39-20-9-4-10-21-39;;/h3-14,18-29,36-37H,15-17,30-31H2,1-2H3;2*1H4/t36-,37-,46?;;/m1../s1. The molecule has 1 spiro atoms. The Kier molecular flexibility index (Phi) is 10.4. The normalized spacial score (nSPS) is 19.8. The Balaban J connectivity index is 0.00000210. The summed E-state index contributed by atoms with van der Waals surface area (Å²) in [6.07, 6.45) is 5.42. The van der Waals surface area contributed by atoms with E-state index in [2.05, 4.69) is 159 Å². The first-order valence-electron chi connectivity index (χ1n) is 18.0. The monoisotopic (exact) mass is 720 g/mol. The quantitative estimate of drug-likeness (QED) is 0.160. The molecule has 6 aromatic carbocycles. The number of fused-ring (bicyclic) bond motifs is 2. The lowest BCUT2D eigenvalue weighted by atomic mass is 9.68. The summed E-state index contributed by atoms with van der Waals surface area (Å²) in [5, 5.41) is 7.98. The van der Waals surface area contributed by atoms with Gasteiger partial charge in [-0.15, -0.1) is 0 Å². The molecule has 2 nitrogen and oxygen atoms in total. The van der Waals surface area contributed by atoms with Crippen LogP contribution < -0.4 is 41.3 Å². The van der Waals surface area contributed by atoms with Crippen molar-refractivity contribution in [2.45, 2.75) is 66.6 Å². The fourth-order valence-electron chi connectivity index (χ4n) is 8.73. The summed E-state index contributed by atoms with van der Waals surface area (Å²) in [5.41, 5.74) is 5.28. The second-order valence-corrected chi connectivity index (χ2v) is 18.6. The molecule has 4 heteroatoms. The summed E-state index contributed by atoms with van der Waals surface area (Å²) < 4.78 is 15.3. The molecule has 1 aliphatic carbocycles. The molecular formula is C48H50O2P2. The van der Waals surface area contributed by atoms with Gasteiger partial charge in [-0.05, 0) is 111 Å². The van der Waals surface area contributed by atoms with Crippen LogP contribution >= 0.6 is 15.8 Å². The van der Waals surface area contributed by atoms with Crippen LogP contribution in [0, 0.1) is 25.7 Å². The maximum atomic E-state index is 7.67. The van der Waals surface area contributed by atoms with Crippen molar-refractivity contribution < 1.29 is 9.47 Å². The van der Waals surface area contributed by atoms with Crippen LogP contribution in [-0.2, 0) is 12.8 Å². The van der Waals surface area contributed by atoms with Gasteiger partial charge in [-0.3, -0.25) is 0 Å². The van der Waals surface area contributed by atoms with Gasteiger partial charge >= 0.3 is 0 Å². The van der Waals surface area contributed by atoms with Gasteiger partial charge in [0.25, 0.3) is 5.79 Å². The Labute approximate surface area is 313 Å². The first-order valence-corrected chi connectivity index (χ1v) is 20.7. The predicted molar refractivity (Wildman–Crippen MR) is 225 cm³/mol. The van der Waals surface area contributed by atoms with Gasteiger partial charge in [-0.25, -0.2) is 0 Å². The molecule has 1 saturated carbocycles. The molecule has 0 radical (unpaired) electrons. The lowest BCUT2D eigenvalue weighted by Gasteiger charge is -2.54. The van der Waals surface area contributed by atoms with E-state index in [1.54, 1.807) is 0 Å². The fraction of sp³-hybridized carbons (Fsp3) is 0.250. The third-order valence-corrected chi connectivity index (χ3v) is 15.7. The van der Waals surface area contributed by atoms with Crippen molar-refractivity contribution in [3.8, 4) is 11.5 Å². The lowest BCUT2D eigenvalue weighted by molar-refractivity contribution is -0.225. The van der Waals surface area contributed by atoms with Crippen LogP contribution in [-0.4, -0.2) is 5.79 Å². The summed E-state index contributed by atoms with van der Waals surface area (Å²) in [6, 6.07) is 53.7. The third kappa shape index (κ3) is 6.40. The van der Waals surface area contributed by atoms with Gasteiger partial charge in [-0.2, -0.15) is 0 Å². The van der Waals surface area contributed by atoms with E-state index in [-0.39, 0.29) is 14.9 Å². The van der Waals surface area contributed by atoms with Crippen molar-refractivity contribution in [2.24, 2.45) is 11.8 Å². The Morgan fingerprint density at radius 1 is 0.481 bits per heavy atom. The average Bonchev–Trinajstić information content (AvgIpc) is 3.15. The van der Waals surface area contributed by atoms with Crippen LogP contribution in [0.4, 0.5) is 0 Å². The maximum Gasteiger partial charge on any atom is 0.257 e. The molecule has 2 atom stereocenters. The minimum atomic E-state index is -0.841. The summed E-state index contributed by atoms with van der Waals surface area (Å²) in [4.78, 5) is 0. The van der Waals surface area contributed by atoms with Crippen LogP contribution in [0.5, 0.6) is 11.5 Å². The highest BCUT2D eigenvalue weighted by Gasteiger charge is 2.58. The Bertz CT molecular complexity index is 1900. The van der Waals surface area contributed by atoms with E-state index in [0.29, 0.717) is 11.8 Å². The van der Waals surface area contributed by atoms with Crippen LogP contribution in [0.3, 0.4) is 0 Å². The maximum absolute atomic E-state index is 7.67. The zero-order chi connectivity index (χ0) is 33.7. The molecule has 0 bridgehead atoms. The van der Waals surface area contributed by atoms with E-state index in [9.17, 15) is 0 Å². The molecule has 0 aromatic heterocycles. The van der Waals surface area contributed by atoms with Crippen molar-refractivity contribution in [3.63, 3.8) is 0 Å². The molecule has 6 aromatic rings. The van der Waals surface area contributed by atoms with Crippen LogP contribution in [0.2, 0.25) is 0 Å². The first-order chi connectivity index (χ1) is 24.6. The largest absolute Gasteiger partial charge is 0.451 e. The van der Waals surface area contributed by atoms with Gasteiger partial charge in [-0.1, -0.05) is 155 Å². The molecular weight excluding hydrogens is 670 g/mol. The van der Waals surface area contributed by atoms with Crippen LogP contribution in [0.1, 0.15) is 56.4 Å². The van der Waals surface area contributed by atoms with Crippen molar-refractivity contribution in [2.75, 3.05) is 0 Å². The molecule has 0 saturated heterocycles. The smallest absolute Gasteiger partial charge is 0.257 e. The van der Waals surface area contributed by atoms with E-state index in [0.717, 1.165) is 37.2 Å². The van der Waals surface area contributed by atoms with Crippen LogP contribution in [0.15, 0.2) is 146 Å². The Morgan fingerprint density at radius 3 is 1.13 bits per heavy atom. The fourth-order valence-corrected chi connectivity index (χ4v) is 13.8. The van der Waals surface area contributed by atoms with Crippen molar-refractivity contribution in [3.05, 3.63) is 168 Å². The second-order valence-electron chi connectivity index (χ2n) is 14.2. The summed E-state index contributed by atoms with van der Waals surface area (Å²) >= 11 is 0. The number of rotatable bonds is 6. The molecule has 52 heavy (non-hydrogen) atoms. The molecule has 9 rings (SSSR count). The van der Waals surface area contributed by atoms with Crippen LogP contribution in [0.25, 0.3) is 0 Å². The molecule has 2 aliphatic heterocycles. The van der Waals surface area contributed by atoms with Crippen molar-refractivity contribution in [1.29, 1.82) is 0 Å². The molecule has 0 N–H and O–H groups in total. The minimum Gasteiger partial charge on any atom is -0.451 e. The summed E-state index contributed by atoms with van der Waals surface area (Å²) in [7, 11) is -1.68. The molecule has 264 valence electrons. The van der Waals surface area contributed by atoms with E-state index in [1.807, 2.05) is 0 Å². The van der Waals surface area contributed by atoms with E-state index >= 15 is 0 Å². The van der Waals surface area contributed by atoms with Gasteiger partial charge in [0, 0.05) is 22.4 Å². The highest BCUT2D eigenvalue weighted by molar-refractivity contribution is 7.80. The topological polar surface area (TPSA) is 18.5 Å². The second kappa shape index (κ2) is 15.0. The summed E-state index contributed by atoms with van der Waals surface area (Å²) in [6.45, 7) is 4.50. The zero-order valence-corrected chi connectivity index (χ0v) is 30.5. The number of hydrogen-bond donors (Lipinski definition) is 0. The van der Waals surface area contributed by atoms with Gasteiger partial charge in [0.1, 0.15) is 11.5 Å². The number of hydrogen-bond acceptors (Lipinski definition) is 2. The van der Waals surface area contributed by atoms with Gasteiger partial charge in [0.05, 0.1) is 0 Å². The first kappa shape index (κ1) is 36.2. The Hall–Kier alpha value is -4.22. The molecule has 1 fully saturated rings. The van der Waals surface area contributed by atoms with Crippen molar-refractivity contribution in [1.82, 2.24) is 0 Å². The van der Waals surface area contributed by atoms with E-state index in [4.69, 9.17) is 9.47 Å². The molecule has 3 aliphatic rings. The lowest BCUT2D eigenvalue weighted by Crippen LogP contribution is -2.62. The van der Waals surface area contributed by atoms with E-state index < -0.39 is 21.6 Å². The zero-order valence-electron chi connectivity index (χ0n) is 28.8. The highest BCUT2D eigenvalue weighted by Crippen LogP contribution is 2.55. The summed E-state index contributed by atoms with van der Waals surface area (Å²) in [5.74, 6) is 2.01. The van der Waals surface area contributed by atoms with Crippen molar-refractivity contribution >= 4 is 47.7 Å². The number of aryl methyl sites for hydroxylation is 2. The predicted octanol–water partition coefficient (Wildman–Crippen LogP) is 9.77. The SMILES string of the molecule is C.C.Cc1cc2c(c(P(c3ccccc3)c3ccccc3)c1)OC13Oc4c(cc(C)cc4P(c4ccccc4)c4ccccc4)C[C@H]1CCC[C@@H]3C2. The average molecular weight is 721 g/mol. The molecule has 2 heterocycles. The van der Waals surface area contributed by atoms with E-state index in [1.165, 1.54) is 60.5 Å². The minimum absolute atomic E-state index is 0. The van der Waals surface area contributed by atoms with Gasteiger partial charge in [0.15, 0.2) is 0 Å². The number of ether oxygens (including phenoxy) is 2. The Morgan fingerprint density at radius 2 is 0.808 bits per heavy atom. The number of benzene rings is 6. The van der Waals surface area contributed by atoms with Gasteiger partial charge < -0.3 is 9.47 Å². The third-order valence-electron chi connectivity index (χ3n) is 10.8. The molecule has 0 amide bonds. The van der Waals surface area contributed by atoms with Gasteiger partial charge in [0.2, 0.25) is 0 Å². The highest BCUT2D eigenvalue weighted by atomic mass is 31.1. The molecule has 0 unspecified atom stereocenters.